The van der Waals surface area contributed by atoms with Gasteiger partial charge in [-0.2, -0.15) is 5.10 Å². The second-order valence-electron chi connectivity index (χ2n) is 7.60. The van der Waals surface area contributed by atoms with Gasteiger partial charge in [-0.1, -0.05) is 30.3 Å². The number of aromatic nitrogens is 2. The summed E-state index contributed by atoms with van der Waals surface area (Å²) >= 11 is 0. The minimum atomic E-state index is -0.675. The highest BCUT2D eigenvalue weighted by Crippen LogP contribution is 2.26. The maximum atomic E-state index is 13.4. The molecule has 0 saturated carbocycles. The molecule has 1 fully saturated rings. The Hall–Kier alpha value is -2.22. The van der Waals surface area contributed by atoms with Gasteiger partial charge in [0.15, 0.2) is 11.9 Å². The molecule has 0 unspecified atom stereocenters. The van der Waals surface area contributed by atoms with Crippen molar-refractivity contribution >= 4 is 5.91 Å². The number of rotatable bonds is 7. The summed E-state index contributed by atoms with van der Waals surface area (Å²) in [5.41, 5.74) is 2.69. The standard InChI is InChI=1S/C21H29N3O4/c1-15-11-17(23(4)22-15)12-24(13-18-14-27-21(2,3)28-18)20(25)19(26-5)16-9-7-6-8-10-16/h6-11,18-19H,12-14H2,1-5H3/t18-,19-/m1/s1. The van der Waals surface area contributed by atoms with Crippen molar-refractivity contribution in [3.8, 4) is 0 Å². The highest BCUT2D eigenvalue weighted by molar-refractivity contribution is 5.82. The van der Waals surface area contributed by atoms with Gasteiger partial charge < -0.3 is 19.1 Å². The Bertz CT molecular complexity index is 803. The van der Waals surface area contributed by atoms with Gasteiger partial charge in [0, 0.05) is 20.7 Å². The fourth-order valence-electron chi connectivity index (χ4n) is 3.51. The minimum absolute atomic E-state index is 0.110. The molecule has 3 rings (SSSR count). The van der Waals surface area contributed by atoms with E-state index in [4.69, 9.17) is 14.2 Å². The lowest BCUT2D eigenvalue weighted by Crippen LogP contribution is -2.41. The Morgan fingerprint density at radius 1 is 1.39 bits per heavy atom. The average Bonchev–Trinajstić information content (AvgIpc) is 3.16. The molecule has 1 aliphatic heterocycles. The summed E-state index contributed by atoms with van der Waals surface area (Å²) in [6.45, 7) is 6.98. The van der Waals surface area contributed by atoms with Crippen molar-refractivity contribution in [3.63, 3.8) is 0 Å². The maximum absolute atomic E-state index is 13.4. The lowest BCUT2D eigenvalue weighted by molar-refractivity contribution is -0.152. The number of amides is 1. The molecule has 28 heavy (non-hydrogen) atoms. The number of benzene rings is 1. The molecule has 0 aliphatic carbocycles. The quantitative estimate of drug-likeness (QED) is 0.731. The monoisotopic (exact) mass is 387 g/mol. The SMILES string of the molecule is CO[C@@H](C(=O)N(Cc1cc(C)nn1C)C[C@@H]1COC(C)(C)O1)c1ccccc1. The first-order chi connectivity index (χ1) is 13.3. The first kappa shape index (κ1) is 20.5. The lowest BCUT2D eigenvalue weighted by atomic mass is 10.1. The number of aryl methyl sites for hydroxylation is 2. The zero-order chi connectivity index (χ0) is 20.3. The van der Waals surface area contributed by atoms with Gasteiger partial charge in [-0.3, -0.25) is 9.48 Å². The number of methoxy groups -OCH3 is 1. The third-order valence-electron chi connectivity index (χ3n) is 4.82. The molecule has 0 N–H and O–H groups in total. The van der Waals surface area contributed by atoms with Crippen molar-refractivity contribution in [2.24, 2.45) is 7.05 Å². The summed E-state index contributed by atoms with van der Waals surface area (Å²) in [4.78, 5) is 15.2. The van der Waals surface area contributed by atoms with Crippen molar-refractivity contribution in [3.05, 3.63) is 53.3 Å². The van der Waals surface area contributed by atoms with Crippen LogP contribution in [0, 0.1) is 6.92 Å². The molecule has 1 aromatic heterocycles. The molecule has 0 radical (unpaired) electrons. The van der Waals surface area contributed by atoms with Crippen LogP contribution in [0.1, 0.15) is 36.9 Å². The van der Waals surface area contributed by atoms with E-state index >= 15 is 0 Å². The lowest BCUT2D eigenvalue weighted by Gasteiger charge is -2.29. The molecular weight excluding hydrogens is 358 g/mol. The molecule has 1 saturated heterocycles. The fourth-order valence-corrected chi connectivity index (χ4v) is 3.51. The van der Waals surface area contributed by atoms with Crippen LogP contribution in [-0.4, -0.2) is 52.7 Å². The van der Waals surface area contributed by atoms with E-state index in [1.807, 2.05) is 64.2 Å². The van der Waals surface area contributed by atoms with Crippen LogP contribution in [0.25, 0.3) is 0 Å². The van der Waals surface area contributed by atoms with Crippen molar-refractivity contribution in [2.45, 2.75) is 45.3 Å². The van der Waals surface area contributed by atoms with E-state index in [2.05, 4.69) is 5.10 Å². The Kier molecular flexibility index (Phi) is 6.17. The highest BCUT2D eigenvalue weighted by atomic mass is 16.7. The van der Waals surface area contributed by atoms with E-state index in [0.717, 1.165) is 17.0 Å². The zero-order valence-electron chi connectivity index (χ0n) is 17.2. The van der Waals surface area contributed by atoms with Gasteiger partial charge in [-0.25, -0.2) is 0 Å². The van der Waals surface area contributed by atoms with Crippen molar-refractivity contribution in [1.82, 2.24) is 14.7 Å². The van der Waals surface area contributed by atoms with Crippen molar-refractivity contribution in [2.75, 3.05) is 20.3 Å². The molecule has 2 heterocycles. The molecule has 1 amide bonds. The second-order valence-corrected chi connectivity index (χ2v) is 7.60. The topological polar surface area (TPSA) is 65.8 Å². The summed E-state index contributed by atoms with van der Waals surface area (Å²) in [6, 6.07) is 11.5. The molecule has 152 valence electrons. The maximum Gasteiger partial charge on any atom is 0.256 e. The van der Waals surface area contributed by atoms with Crippen LogP contribution in [0.15, 0.2) is 36.4 Å². The Morgan fingerprint density at radius 2 is 2.11 bits per heavy atom. The minimum Gasteiger partial charge on any atom is -0.367 e. The van der Waals surface area contributed by atoms with Crippen LogP contribution in [0.2, 0.25) is 0 Å². The zero-order valence-corrected chi connectivity index (χ0v) is 17.2. The van der Waals surface area contributed by atoms with Gasteiger partial charge in [0.25, 0.3) is 5.91 Å². The number of nitrogens with zero attached hydrogens (tertiary/aromatic N) is 3. The number of hydrogen-bond acceptors (Lipinski definition) is 5. The third kappa shape index (κ3) is 4.79. The van der Waals surface area contributed by atoms with Gasteiger partial charge in [-0.15, -0.1) is 0 Å². The van der Waals surface area contributed by atoms with E-state index in [-0.39, 0.29) is 12.0 Å². The van der Waals surface area contributed by atoms with Crippen molar-refractivity contribution in [1.29, 1.82) is 0 Å². The van der Waals surface area contributed by atoms with Gasteiger partial charge in [0.2, 0.25) is 0 Å². The number of ether oxygens (including phenoxy) is 3. The summed E-state index contributed by atoms with van der Waals surface area (Å²) in [7, 11) is 3.44. The van der Waals surface area contributed by atoms with Gasteiger partial charge in [0.05, 0.1) is 24.5 Å². The molecule has 7 nitrogen and oxygen atoms in total. The molecule has 0 bridgehead atoms. The van der Waals surface area contributed by atoms with Crippen LogP contribution in [0.5, 0.6) is 0 Å². The van der Waals surface area contributed by atoms with Crippen molar-refractivity contribution < 1.29 is 19.0 Å². The molecule has 1 aromatic carbocycles. The first-order valence-electron chi connectivity index (χ1n) is 9.47. The van der Waals surface area contributed by atoms with E-state index < -0.39 is 11.9 Å². The van der Waals surface area contributed by atoms with E-state index in [1.165, 1.54) is 0 Å². The normalized spacial score (nSPS) is 19.5. The third-order valence-corrected chi connectivity index (χ3v) is 4.82. The summed E-state index contributed by atoms with van der Waals surface area (Å²) in [5, 5.41) is 4.39. The predicted octanol–water partition coefficient (Wildman–Crippen LogP) is 2.60. The molecule has 1 aliphatic rings. The van der Waals surface area contributed by atoms with Gasteiger partial charge >= 0.3 is 0 Å². The molecule has 2 atom stereocenters. The van der Waals surface area contributed by atoms with Crippen LogP contribution in [0.4, 0.5) is 0 Å². The van der Waals surface area contributed by atoms with Crippen LogP contribution >= 0.6 is 0 Å². The fraction of sp³-hybridized carbons (Fsp3) is 0.524. The number of carbonyl (C=O) groups is 1. The van der Waals surface area contributed by atoms with Crippen LogP contribution in [-0.2, 0) is 32.6 Å². The van der Waals surface area contributed by atoms with Crippen LogP contribution < -0.4 is 0 Å². The number of carbonyl (C=O) groups excluding carboxylic acids is 1. The second kappa shape index (κ2) is 8.43. The largest absolute Gasteiger partial charge is 0.367 e. The molecule has 2 aromatic rings. The number of hydrogen-bond donors (Lipinski definition) is 0. The predicted molar refractivity (Wildman–Crippen MR) is 104 cm³/mol. The van der Waals surface area contributed by atoms with E-state index in [9.17, 15) is 4.79 Å². The summed E-state index contributed by atoms with van der Waals surface area (Å²) in [6.07, 6.45) is -0.868. The smallest absolute Gasteiger partial charge is 0.256 e. The Labute approximate surface area is 166 Å². The van der Waals surface area contributed by atoms with Crippen LogP contribution in [0.3, 0.4) is 0 Å². The van der Waals surface area contributed by atoms with Gasteiger partial charge in [-0.05, 0) is 32.4 Å². The first-order valence-corrected chi connectivity index (χ1v) is 9.47. The Morgan fingerprint density at radius 3 is 2.64 bits per heavy atom. The summed E-state index contributed by atoms with van der Waals surface area (Å²) in [5.74, 6) is -0.747. The Balaban J connectivity index is 1.83. The molecule has 0 spiro atoms. The van der Waals surface area contributed by atoms with Gasteiger partial charge in [0.1, 0.15) is 6.10 Å². The highest BCUT2D eigenvalue weighted by Gasteiger charge is 2.36. The van der Waals surface area contributed by atoms with E-state index in [0.29, 0.717) is 19.7 Å². The molecule has 7 heteroatoms. The van der Waals surface area contributed by atoms with E-state index in [1.54, 1.807) is 16.7 Å². The average molecular weight is 387 g/mol. The molecular formula is C21H29N3O4. The summed E-state index contributed by atoms with van der Waals surface area (Å²) < 4.78 is 19.0.